The number of nitrogens with one attached hydrogen (secondary N) is 3. The molecule has 1 rings (SSSR count). The molecule has 142 valence electrons. The number of benzene rings is 1. The maximum atomic E-state index is 12.0. The quantitative estimate of drug-likeness (QED) is 0.572. The molecule has 1 aromatic rings. The van der Waals surface area contributed by atoms with Crippen LogP contribution >= 0.6 is 0 Å². The number of amides is 3. The Morgan fingerprint density at radius 2 is 1.77 bits per heavy atom. The molecular formula is C18H25N3O5. The molecule has 0 aliphatic carbocycles. The van der Waals surface area contributed by atoms with Crippen molar-refractivity contribution in [1.82, 2.24) is 16.0 Å². The van der Waals surface area contributed by atoms with Crippen LogP contribution in [0.4, 0.5) is 0 Å². The molecule has 0 heterocycles. The van der Waals surface area contributed by atoms with Gasteiger partial charge in [-0.3, -0.25) is 19.2 Å². The van der Waals surface area contributed by atoms with Crippen molar-refractivity contribution in [2.75, 3.05) is 19.7 Å². The van der Waals surface area contributed by atoms with Gasteiger partial charge in [-0.05, 0) is 51.0 Å². The van der Waals surface area contributed by atoms with Gasteiger partial charge in [0.1, 0.15) is 12.6 Å². The van der Waals surface area contributed by atoms with E-state index in [4.69, 9.17) is 4.74 Å². The lowest BCUT2D eigenvalue weighted by Crippen LogP contribution is -2.46. The summed E-state index contributed by atoms with van der Waals surface area (Å²) in [6.45, 7) is 6.68. The standard InChI is InChI=1S/C18H25N3O5/c1-5-19-17(24)13(4)21-15(22)10-26-16(23)9-20-18(25)14-7-6-11(2)12(3)8-14/h6-8,13H,5,9-10H2,1-4H3,(H,19,24)(H,20,25)(H,21,22)/t13-/m0/s1. The SMILES string of the molecule is CCNC(=O)[C@H](C)NC(=O)COC(=O)CNC(=O)c1ccc(C)c(C)c1. The van der Waals surface area contributed by atoms with Gasteiger partial charge in [0.15, 0.2) is 6.61 Å². The van der Waals surface area contributed by atoms with Crippen LogP contribution in [0.25, 0.3) is 0 Å². The molecule has 0 saturated heterocycles. The van der Waals surface area contributed by atoms with E-state index in [0.29, 0.717) is 12.1 Å². The van der Waals surface area contributed by atoms with Crippen LogP contribution in [-0.4, -0.2) is 49.4 Å². The van der Waals surface area contributed by atoms with Crippen LogP contribution in [0.1, 0.15) is 35.3 Å². The summed E-state index contributed by atoms with van der Waals surface area (Å²) in [5.74, 6) is -2.08. The van der Waals surface area contributed by atoms with E-state index < -0.39 is 30.4 Å². The minimum Gasteiger partial charge on any atom is -0.454 e. The van der Waals surface area contributed by atoms with Gasteiger partial charge in [-0.15, -0.1) is 0 Å². The van der Waals surface area contributed by atoms with Gasteiger partial charge >= 0.3 is 5.97 Å². The topological polar surface area (TPSA) is 114 Å². The summed E-state index contributed by atoms with van der Waals surface area (Å²) in [5, 5.41) is 7.40. The smallest absolute Gasteiger partial charge is 0.325 e. The van der Waals surface area contributed by atoms with Crippen molar-refractivity contribution in [3.63, 3.8) is 0 Å². The molecule has 0 fully saturated rings. The lowest BCUT2D eigenvalue weighted by Gasteiger charge is -2.13. The van der Waals surface area contributed by atoms with E-state index in [9.17, 15) is 19.2 Å². The van der Waals surface area contributed by atoms with E-state index >= 15 is 0 Å². The van der Waals surface area contributed by atoms with E-state index in [-0.39, 0.29) is 12.5 Å². The normalized spacial score (nSPS) is 11.2. The van der Waals surface area contributed by atoms with Crippen molar-refractivity contribution in [3.8, 4) is 0 Å². The van der Waals surface area contributed by atoms with Gasteiger partial charge in [0.05, 0.1) is 0 Å². The fourth-order valence-corrected chi connectivity index (χ4v) is 2.01. The first-order chi connectivity index (χ1) is 12.2. The summed E-state index contributed by atoms with van der Waals surface area (Å²) in [7, 11) is 0. The summed E-state index contributed by atoms with van der Waals surface area (Å²) in [6, 6.07) is 4.49. The molecule has 0 spiro atoms. The summed E-state index contributed by atoms with van der Waals surface area (Å²) < 4.78 is 4.78. The van der Waals surface area contributed by atoms with Crippen molar-refractivity contribution in [1.29, 1.82) is 0 Å². The van der Waals surface area contributed by atoms with Gasteiger partial charge in [-0.25, -0.2) is 0 Å². The largest absolute Gasteiger partial charge is 0.454 e. The zero-order valence-corrected chi connectivity index (χ0v) is 15.5. The van der Waals surface area contributed by atoms with Crippen LogP contribution in [0.3, 0.4) is 0 Å². The third kappa shape index (κ3) is 6.92. The number of hydrogen-bond donors (Lipinski definition) is 3. The number of esters is 1. The van der Waals surface area contributed by atoms with Gasteiger partial charge < -0.3 is 20.7 Å². The molecule has 0 bridgehead atoms. The molecule has 8 nitrogen and oxygen atoms in total. The second-order valence-electron chi connectivity index (χ2n) is 5.83. The van der Waals surface area contributed by atoms with Gasteiger partial charge in [0.25, 0.3) is 11.8 Å². The number of carbonyl (C=O) groups excluding carboxylic acids is 4. The van der Waals surface area contributed by atoms with Crippen LogP contribution < -0.4 is 16.0 Å². The molecule has 1 aromatic carbocycles. The maximum Gasteiger partial charge on any atom is 0.325 e. The highest BCUT2D eigenvalue weighted by Gasteiger charge is 2.16. The zero-order valence-electron chi connectivity index (χ0n) is 15.5. The monoisotopic (exact) mass is 363 g/mol. The predicted molar refractivity (Wildman–Crippen MR) is 95.5 cm³/mol. The molecule has 0 aliphatic rings. The third-order valence-electron chi connectivity index (χ3n) is 3.65. The number of hydrogen-bond acceptors (Lipinski definition) is 5. The number of ether oxygens (including phenoxy) is 1. The molecule has 26 heavy (non-hydrogen) atoms. The minimum absolute atomic E-state index is 0.326. The molecule has 0 saturated carbocycles. The van der Waals surface area contributed by atoms with Crippen molar-refractivity contribution in [2.24, 2.45) is 0 Å². The molecule has 0 aliphatic heterocycles. The van der Waals surface area contributed by atoms with Gasteiger partial charge in [-0.2, -0.15) is 0 Å². The van der Waals surface area contributed by atoms with Crippen LogP contribution in [0.5, 0.6) is 0 Å². The van der Waals surface area contributed by atoms with E-state index in [1.807, 2.05) is 19.9 Å². The summed E-state index contributed by atoms with van der Waals surface area (Å²) in [6.07, 6.45) is 0. The average Bonchev–Trinajstić information content (AvgIpc) is 2.60. The Balaban J connectivity index is 2.35. The van der Waals surface area contributed by atoms with Crippen LogP contribution in [0.2, 0.25) is 0 Å². The fraction of sp³-hybridized carbons (Fsp3) is 0.444. The molecule has 1 atom stereocenters. The molecule has 3 N–H and O–H groups in total. The molecule has 0 aromatic heterocycles. The fourth-order valence-electron chi connectivity index (χ4n) is 2.01. The maximum absolute atomic E-state index is 12.0. The van der Waals surface area contributed by atoms with Crippen molar-refractivity contribution in [2.45, 2.75) is 33.7 Å². The second-order valence-corrected chi connectivity index (χ2v) is 5.83. The highest BCUT2D eigenvalue weighted by molar-refractivity contribution is 5.96. The molecular weight excluding hydrogens is 338 g/mol. The summed E-state index contributed by atoms with van der Waals surface area (Å²) in [4.78, 5) is 46.8. The molecule has 8 heteroatoms. The number of rotatable bonds is 8. The van der Waals surface area contributed by atoms with Gasteiger partial charge in [0, 0.05) is 12.1 Å². The summed E-state index contributed by atoms with van der Waals surface area (Å²) in [5.41, 5.74) is 2.47. The first-order valence-corrected chi connectivity index (χ1v) is 8.32. The van der Waals surface area contributed by atoms with E-state index in [1.165, 1.54) is 6.92 Å². The number of likely N-dealkylation sites (N-methyl/N-ethyl adjacent to an activating group) is 1. The molecule has 0 unspecified atom stereocenters. The van der Waals surface area contributed by atoms with Gasteiger partial charge in [-0.1, -0.05) is 6.07 Å². The van der Waals surface area contributed by atoms with E-state index in [1.54, 1.807) is 19.1 Å². The van der Waals surface area contributed by atoms with E-state index in [2.05, 4.69) is 16.0 Å². The minimum atomic E-state index is -0.747. The van der Waals surface area contributed by atoms with Crippen molar-refractivity contribution >= 4 is 23.7 Å². The van der Waals surface area contributed by atoms with E-state index in [0.717, 1.165) is 11.1 Å². The Bertz CT molecular complexity index is 687. The predicted octanol–water partition coefficient (Wildman–Crippen LogP) is 0.217. The molecule has 3 amide bonds. The Hall–Kier alpha value is -2.90. The molecule has 0 radical (unpaired) electrons. The first-order valence-electron chi connectivity index (χ1n) is 8.32. The van der Waals surface area contributed by atoms with Crippen LogP contribution in [0, 0.1) is 13.8 Å². The highest BCUT2D eigenvalue weighted by atomic mass is 16.5. The van der Waals surface area contributed by atoms with Crippen LogP contribution in [0.15, 0.2) is 18.2 Å². The number of carbonyl (C=O) groups is 4. The lowest BCUT2D eigenvalue weighted by molar-refractivity contribution is -0.147. The first kappa shape index (κ1) is 21.1. The third-order valence-corrected chi connectivity index (χ3v) is 3.65. The lowest BCUT2D eigenvalue weighted by atomic mass is 10.1. The van der Waals surface area contributed by atoms with Crippen molar-refractivity contribution < 1.29 is 23.9 Å². The Kier molecular flexibility index (Phi) is 8.27. The Morgan fingerprint density at radius 1 is 1.08 bits per heavy atom. The Morgan fingerprint density at radius 3 is 2.38 bits per heavy atom. The number of aryl methyl sites for hydroxylation is 2. The zero-order chi connectivity index (χ0) is 19.7. The average molecular weight is 363 g/mol. The highest BCUT2D eigenvalue weighted by Crippen LogP contribution is 2.09. The Labute approximate surface area is 152 Å². The van der Waals surface area contributed by atoms with Crippen LogP contribution in [-0.2, 0) is 19.1 Å². The van der Waals surface area contributed by atoms with Crippen molar-refractivity contribution in [3.05, 3.63) is 34.9 Å². The second kappa shape index (κ2) is 10.2. The van der Waals surface area contributed by atoms with Gasteiger partial charge in [0.2, 0.25) is 5.91 Å². The summed E-state index contributed by atoms with van der Waals surface area (Å²) >= 11 is 0.